The number of Topliss-reactive ketones (excluding diaryl/α,β-unsaturated/α-hetero) is 1. The Hall–Kier alpha value is -2.35. The van der Waals surface area contributed by atoms with E-state index in [0.29, 0.717) is 6.42 Å². The van der Waals surface area contributed by atoms with Crippen molar-refractivity contribution in [3.63, 3.8) is 0 Å². The number of carbonyl (C=O) groups is 1. The fourth-order valence-electron chi connectivity index (χ4n) is 2.60. The number of rotatable bonds is 2. The Balaban J connectivity index is 2.21. The van der Waals surface area contributed by atoms with Gasteiger partial charge in [0, 0.05) is 17.2 Å². The predicted molar refractivity (Wildman–Crippen MR) is 79.4 cm³/mol. The van der Waals surface area contributed by atoms with Crippen LogP contribution in [0.2, 0.25) is 0 Å². The maximum absolute atomic E-state index is 11.4. The normalized spacial score (nSPS) is 15.2. The van der Waals surface area contributed by atoms with E-state index >= 15 is 0 Å². The van der Waals surface area contributed by atoms with Gasteiger partial charge in [-0.2, -0.15) is 0 Å². The van der Waals surface area contributed by atoms with Gasteiger partial charge in [0.1, 0.15) is 5.76 Å². The van der Waals surface area contributed by atoms with Crippen LogP contribution in [-0.2, 0) is 16.0 Å². The topological polar surface area (TPSA) is 26.3 Å². The van der Waals surface area contributed by atoms with E-state index < -0.39 is 0 Å². The summed E-state index contributed by atoms with van der Waals surface area (Å²) in [5.41, 5.74) is 2.28. The van der Waals surface area contributed by atoms with E-state index in [1.807, 2.05) is 42.5 Å². The molecule has 0 N–H and O–H groups in total. The molecule has 0 amide bonds. The van der Waals surface area contributed by atoms with Crippen LogP contribution < -0.4 is 10.4 Å². The number of hydrogen-bond donors (Lipinski definition) is 0. The zero-order valence-corrected chi connectivity index (χ0v) is 11.4. The quantitative estimate of drug-likeness (QED) is 0.826. The fraction of sp³-hybridized carbons (Fsp3) is 0.167. The Bertz CT molecular complexity index is 758. The molecule has 0 atom stereocenters. The first kappa shape index (κ1) is 12.7. The molecule has 0 saturated carbocycles. The molecule has 0 fully saturated rings. The summed E-state index contributed by atoms with van der Waals surface area (Å²) in [5, 5.41) is 2.09. The van der Waals surface area contributed by atoms with Gasteiger partial charge in [-0.15, -0.1) is 0 Å². The van der Waals surface area contributed by atoms with Crippen LogP contribution in [0, 0.1) is 0 Å². The van der Waals surface area contributed by atoms with E-state index in [4.69, 9.17) is 4.74 Å². The van der Waals surface area contributed by atoms with Gasteiger partial charge in [0.2, 0.25) is 0 Å². The van der Waals surface area contributed by atoms with Crippen molar-refractivity contribution >= 4 is 17.6 Å². The third-order valence-electron chi connectivity index (χ3n) is 3.60. The van der Waals surface area contributed by atoms with Gasteiger partial charge in [0.25, 0.3) is 0 Å². The SMILES string of the molecule is COC(c1ccccc1)=c1ccc2c(c1)CCC(=O)C=2. The Labute approximate surface area is 118 Å². The molecule has 0 unspecified atom stereocenters. The maximum atomic E-state index is 11.4. The monoisotopic (exact) mass is 264 g/mol. The first-order valence-corrected chi connectivity index (χ1v) is 6.75. The summed E-state index contributed by atoms with van der Waals surface area (Å²) < 4.78 is 5.57. The predicted octanol–water partition coefficient (Wildman–Crippen LogP) is 1.79. The highest BCUT2D eigenvalue weighted by molar-refractivity contribution is 6.06. The lowest BCUT2D eigenvalue weighted by molar-refractivity contribution is -0.113. The zero-order chi connectivity index (χ0) is 13.9. The number of aryl methyl sites for hydroxylation is 1. The molecular formula is C18H16O2. The van der Waals surface area contributed by atoms with Crippen molar-refractivity contribution in [2.75, 3.05) is 7.11 Å². The molecule has 1 aliphatic carbocycles. The van der Waals surface area contributed by atoms with E-state index in [9.17, 15) is 4.79 Å². The van der Waals surface area contributed by atoms with Gasteiger partial charge in [-0.25, -0.2) is 0 Å². The second-order valence-electron chi connectivity index (χ2n) is 4.92. The number of hydrogen-bond acceptors (Lipinski definition) is 2. The minimum absolute atomic E-state index is 0.212. The van der Waals surface area contributed by atoms with Gasteiger partial charge in [-0.3, -0.25) is 4.79 Å². The molecule has 2 nitrogen and oxygen atoms in total. The van der Waals surface area contributed by atoms with Crippen molar-refractivity contribution in [3.05, 3.63) is 70.1 Å². The first-order chi connectivity index (χ1) is 9.78. The summed E-state index contributed by atoms with van der Waals surface area (Å²) in [6.45, 7) is 0. The van der Waals surface area contributed by atoms with Crippen LogP contribution in [0.25, 0.3) is 11.8 Å². The molecule has 2 aromatic rings. The number of ether oxygens (including phenoxy) is 1. The molecule has 0 aromatic heterocycles. The molecule has 0 spiro atoms. The van der Waals surface area contributed by atoms with Crippen LogP contribution in [0.1, 0.15) is 17.5 Å². The second-order valence-corrected chi connectivity index (χ2v) is 4.92. The van der Waals surface area contributed by atoms with Crippen LogP contribution in [0.4, 0.5) is 0 Å². The number of fused-ring (bicyclic) bond motifs is 1. The van der Waals surface area contributed by atoms with E-state index in [-0.39, 0.29) is 5.78 Å². The molecule has 1 aliphatic rings. The summed E-state index contributed by atoms with van der Waals surface area (Å²) in [6.07, 6.45) is 3.14. The molecule has 0 bridgehead atoms. The van der Waals surface area contributed by atoms with Crippen LogP contribution >= 0.6 is 0 Å². The summed E-state index contributed by atoms with van der Waals surface area (Å²) >= 11 is 0. The van der Waals surface area contributed by atoms with Gasteiger partial charge in [0.15, 0.2) is 5.78 Å². The molecule has 0 saturated heterocycles. The highest BCUT2D eigenvalue weighted by Gasteiger charge is 2.09. The second kappa shape index (κ2) is 5.33. The number of ketones is 1. The van der Waals surface area contributed by atoms with E-state index in [1.54, 1.807) is 13.2 Å². The first-order valence-electron chi connectivity index (χ1n) is 6.75. The van der Waals surface area contributed by atoms with Crippen molar-refractivity contribution < 1.29 is 9.53 Å². The largest absolute Gasteiger partial charge is 0.496 e. The van der Waals surface area contributed by atoms with Gasteiger partial charge in [-0.1, -0.05) is 42.5 Å². The Morgan fingerprint density at radius 1 is 1.05 bits per heavy atom. The van der Waals surface area contributed by atoms with Crippen LogP contribution in [0.3, 0.4) is 0 Å². The lowest BCUT2D eigenvalue weighted by Crippen LogP contribution is -2.22. The average Bonchev–Trinajstić information content (AvgIpc) is 2.49. The molecule has 100 valence electrons. The van der Waals surface area contributed by atoms with Crippen molar-refractivity contribution in [1.82, 2.24) is 0 Å². The van der Waals surface area contributed by atoms with Gasteiger partial charge in [0.05, 0.1) is 7.11 Å². The smallest absolute Gasteiger partial charge is 0.156 e. The molecule has 2 aromatic carbocycles. The van der Waals surface area contributed by atoms with E-state index in [2.05, 4.69) is 6.07 Å². The Morgan fingerprint density at radius 3 is 2.60 bits per heavy atom. The van der Waals surface area contributed by atoms with Crippen molar-refractivity contribution in [2.24, 2.45) is 0 Å². The molecular weight excluding hydrogens is 248 g/mol. The van der Waals surface area contributed by atoms with Gasteiger partial charge in [-0.05, 0) is 29.3 Å². The molecule has 3 rings (SSSR count). The maximum Gasteiger partial charge on any atom is 0.156 e. The molecule has 20 heavy (non-hydrogen) atoms. The van der Waals surface area contributed by atoms with Crippen molar-refractivity contribution in [3.8, 4) is 0 Å². The van der Waals surface area contributed by atoms with Crippen LogP contribution in [0.15, 0.2) is 48.5 Å². The summed E-state index contributed by atoms with van der Waals surface area (Å²) in [5.74, 6) is 1.08. The highest BCUT2D eigenvalue weighted by Crippen LogP contribution is 2.11. The molecule has 0 radical (unpaired) electrons. The molecule has 0 heterocycles. The fourth-order valence-corrected chi connectivity index (χ4v) is 2.60. The van der Waals surface area contributed by atoms with Crippen molar-refractivity contribution in [1.29, 1.82) is 0 Å². The van der Waals surface area contributed by atoms with Crippen molar-refractivity contribution in [2.45, 2.75) is 12.8 Å². The lowest BCUT2D eigenvalue weighted by Gasteiger charge is -2.10. The van der Waals surface area contributed by atoms with Gasteiger partial charge >= 0.3 is 0 Å². The number of benzene rings is 2. The summed E-state index contributed by atoms with van der Waals surface area (Å²) in [4.78, 5) is 11.4. The van der Waals surface area contributed by atoms with Gasteiger partial charge < -0.3 is 4.74 Å². The molecule has 2 heteroatoms. The van der Waals surface area contributed by atoms with Crippen LogP contribution in [0.5, 0.6) is 0 Å². The van der Waals surface area contributed by atoms with E-state index in [1.165, 1.54) is 5.56 Å². The standard InChI is InChI=1S/C18H16O2/c1-20-18(13-5-3-2-4-6-13)16-8-7-15-12-17(19)10-9-14(15)11-16/h2-8,11-12H,9-10H2,1H3. The average molecular weight is 264 g/mol. The Morgan fingerprint density at radius 2 is 1.85 bits per heavy atom. The minimum Gasteiger partial charge on any atom is -0.496 e. The highest BCUT2D eigenvalue weighted by atomic mass is 16.5. The number of carbonyl (C=O) groups excluding carboxylic acids is 1. The number of methoxy groups -OCH3 is 1. The summed E-state index contributed by atoms with van der Waals surface area (Å²) in [6, 6.07) is 16.2. The lowest BCUT2D eigenvalue weighted by atomic mass is 9.97. The minimum atomic E-state index is 0.212. The molecule has 0 aliphatic heterocycles. The third kappa shape index (κ3) is 2.37. The Kier molecular flexibility index (Phi) is 3.38. The summed E-state index contributed by atoms with van der Waals surface area (Å²) in [7, 11) is 1.69. The van der Waals surface area contributed by atoms with E-state index in [0.717, 1.165) is 28.2 Å². The third-order valence-corrected chi connectivity index (χ3v) is 3.60. The zero-order valence-electron chi connectivity index (χ0n) is 11.4. The van der Waals surface area contributed by atoms with Crippen LogP contribution in [-0.4, -0.2) is 12.9 Å².